The molecular formula is C24H26N4O5. The number of anilines is 2. The van der Waals surface area contributed by atoms with E-state index in [2.05, 4.69) is 27.3 Å². The van der Waals surface area contributed by atoms with Gasteiger partial charge in [0.05, 0.1) is 6.42 Å². The van der Waals surface area contributed by atoms with Crippen molar-refractivity contribution < 1.29 is 24.6 Å². The van der Waals surface area contributed by atoms with Gasteiger partial charge in [0.2, 0.25) is 5.91 Å². The number of carboxylic acids is 2. The molecule has 0 spiro atoms. The summed E-state index contributed by atoms with van der Waals surface area (Å²) in [7, 11) is 0. The summed E-state index contributed by atoms with van der Waals surface area (Å²) in [6, 6.07) is 14.5. The zero-order valence-electron chi connectivity index (χ0n) is 18.0. The Morgan fingerprint density at radius 1 is 0.970 bits per heavy atom. The quantitative estimate of drug-likeness (QED) is 0.416. The van der Waals surface area contributed by atoms with E-state index < -0.39 is 18.0 Å². The standard InChI is InChI=1S/C24H26N4O5/c29-21(8-9-22(30)31)26-16-6-7-18-19(15-25-20(18)14-16)23(24(32)33)28-12-10-27(11-13-28)17-4-2-1-3-5-17/h1-7,14-15,23,25H,8-13H2,(H,26,29)(H,30,31)(H,32,33). The highest BCUT2D eigenvalue weighted by Gasteiger charge is 2.32. The lowest BCUT2D eigenvalue weighted by molar-refractivity contribution is -0.143. The second kappa shape index (κ2) is 9.74. The highest BCUT2D eigenvalue weighted by Crippen LogP contribution is 2.31. The fraction of sp³-hybridized carbons (Fsp3) is 0.292. The SMILES string of the molecule is O=C(O)CCC(=O)Nc1ccc2c(C(C(=O)O)N3CCN(c4ccccc4)CC3)c[nH]c2c1. The first-order chi connectivity index (χ1) is 15.9. The number of amides is 1. The second-order valence-corrected chi connectivity index (χ2v) is 8.05. The molecule has 0 aliphatic carbocycles. The molecule has 1 aromatic heterocycles. The molecule has 4 N–H and O–H groups in total. The molecule has 0 bridgehead atoms. The largest absolute Gasteiger partial charge is 0.481 e. The van der Waals surface area contributed by atoms with Crippen molar-refractivity contribution in [3.8, 4) is 0 Å². The number of piperazine rings is 1. The summed E-state index contributed by atoms with van der Waals surface area (Å²) >= 11 is 0. The van der Waals surface area contributed by atoms with E-state index in [1.807, 2.05) is 23.1 Å². The van der Waals surface area contributed by atoms with E-state index >= 15 is 0 Å². The minimum atomic E-state index is -1.03. The number of hydrogen-bond acceptors (Lipinski definition) is 5. The van der Waals surface area contributed by atoms with Crippen LogP contribution in [0.15, 0.2) is 54.7 Å². The van der Waals surface area contributed by atoms with Gasteiger partial charge in [-0.2, -0.15) is 0 Å². The zero-order chi connectivity index (χ0) is 23.4. The summed E-state index contributed by atoms with van der Waals surface area (Å²) in [4.78, 5) is 42.2. The van der Waals surface area contributed by atoms with Crippen molar-refractivity contribution >= 4 is 40.1 Å². The Bertz CT molecular complexity index is 1150. The molecule has 0 saturated carbocycles. The number of aliphatic carboxylic acids is 2. The molecule has 4 rings (SSSR count). The van der Waals surface area contributed by atoms with Crippen molar-refractivity contribution in [1.82, 2.24) is 9.88 Å². The number of carbonyl (C=O) groups excluding carboxylic acids is 1. The van der Waals surface area contributed by atoms with E-state index in [9.17, 15) is 19.5 Å². The molecule has 1 saturated heterocycles. The van der Waals surface area contributed by atoms with E-state index in [1.54, 1.807) is 24.4 Å². The Hall–Kier alpha value is -3.85. The smallest absolute Gasteiger partial charge is 0.325 e. The maximum Gasteiger partial charge on any atom is 0.325 e. The van der Waals surface area contributed by atoms with Crippen molar-refractivity contribution in [2.75, 3.05) is 36.4 Å². The van der Waals surface area contributed by atoms with Crippen LogP contribution in [0.5, 0.6) is 0 Å². The molecule has 1 aliphatic heterocycles. The van der Waals surface area contributed by atoms with E-state index in [0.717, 1.165) is 24.2 Å². The molecule has 1 fully saturated rings. The van der Waals surface area contributed by atoms with E-state index in [-0.39, 0.29) is 18.7 Å². The fourth-order valence-corrected chi connectivity index (χ4v) is 4.26. The molecule has 1 atom stereocenters. The lowest BCUT2D eigenvalue weighted by Crippen LogP contribution is -2.49. The van der Waals surface area contributed by atoms with Crippen LogP contribution in [-0.4, -0.2) is 64.1 Å². The summed E-state index contributed by atoms with van der Waals surface area (Å²) in [5, 5.41) is 22.2. The van der Waals surface area contributed by atoms with Gasteiger partial charge in [-0.25, -0.2) is 0 Å². The molecule has 2 heterocycles. The molecule has 1 amide bonds. The highest BCUT2D eigenvalue weighted by atomic mass is 16.4. The first-order valence-electron chi connectivity index (χ1n) is 10.8. The van der Waals surface area contributed by atoms with Gasteiger partial charge in [0.1, 0.15) is 6.04 Å². The van der Waals surface area contributed by atoms with Crippen LogP contribution in [0.3, 0.4) is 0 Å². The van der Waals surface area contributed by atoms with Crippen molar-refractivity contribution in [3.63, 3.8) is 0 Å². The number of H-pyrrole nitrogens is 1. The number of para-hydroxylation sites is 1. The molecule has 3 aromatic rings. The molecule has 1 aliphatic rings. The normalized spacial score (nSPS) is 15.3. The van der Waals surface area contributed by atoms with Crippen LogP contribution in [0.2, 0.25) is 0 Å². The zero-order valence-corrected chi connectivity index (χ0v) is 18.0. The van der Waals surface area contributed by atoms with Crippen LogP contribution < -0.4 is 10.2 Å². The predicted molar refractivity (Wildman–Crippen MR) is 124 cm³/mol. The minimum Gasteiger partial charge on any atom is -0.481 e. The maximum absolute atomic E-state index is 12.3. The number of benzene rings is 2. The van der Waals surface area contributed by atoms with Crippen LogP contribution in [0.4, 0.5) is 11.4 Å². The first kappa shape index (κ1) is 22.3. The summed E-state index contributed by atoms with van der Waals surface area (Å²) in [6.07, 6.45) is 1.36. The van der Waals surface area contributed by atoms with Crippen molar-refractivity contribution in [2.45, 2.75) is 18.9 Å². The monoisotopic (exact) mass is 450 g/mol. The molecule has 172 valence electrons. The van der Waals surface area contributed by atoms with E-state index in [4.69, 9.17) is 5.11 Å². The summed E-state index contributed by atoms with van der Waals surface area (Å²) in [6.45, 7) is 2.72. The number of aromatic nitrogens is 1. The first-order valence-corrected chi connectivity index (χ1v) is 10.8. The molecule has 9 nitrogen and oxygen atoms in total. The number of carboxylic acid groups (broad SMARTS) is 2. The summed E-state index contributed by atoms with van der Waals surface area (Å²) < 4.78 is 0. The lowest BCUT2D eigenvalue weighted by atomic mass is 10.0. The van der Waals surface area contributed by atoms with Crippen LogP contribution in [-0.2, 0) is 14.4 Å². The fourth-order valence-electron chi connectivity index (χ4n) is 4.26. The van der Waals surface area contributed by atoms with Crippen molar-refractivity contribution in [2.24, 2.45) is 0 Å². The van der Waals surface area contributed by atoms with Gasteiger partial charge in [-0.3, -0.25) is 19.3 Å². The Morgan fingerprint density at radius 2 is 1.70 bits per heavy atom. The van der Waals surface area contributed by atoms with Gasteiger partial charge in [0, 0.05) is 66.6 Å². The van der Waals surface area contributed by atoms with Crippen LogP contribution in [0.25, 0.3) is 10.9 Å². The maximum atomic E-state index is 12.3. The van der Waals surface area contributed by atoms with Gasteiger partial charge in [0.25, 0.3) is 0 Å². The van der Waals surface area contributed by atoms with Crippen LogP contribution in [0.1, 0.15) is 24.4 Å². The number of nitrogens with one attached hydrogen (secondary N) is 2. The van der Waals surface area contributed by atoms with E-state index in [1.165, 1.54) is 0 Å². The average molecular weight is 450 g/mol. The van der Waals surface area contributed by atoms with Gasteiger partial charge >= 0.3 is 11.9 Å². The molecular weight excluding hydrogens is 424 g/mol. The second-order valence-electron chi connectivity index (χ2n) is 8.05. The molecule has 9 heteroatoms. The van der Waals surface area contributed by atoms with Gasteiger partial charge < -0.3 is 25.4 Å². The summed E-state index contributed by atoms with van der Waals surface area (Å²) in [5.74, 6) is -2.32. The number of fused-ring (bicyclic) bond motifs is 1. The van der Waals surface area contributed by atoms with Gasteiger partial charge in [-0.15, -0.1) is 0 Å². The third-order valence-electron chi connectivity index (χ3n) is 5.89. The Morgan fingerprint density at radius 3 is 2.36 bits per heavy atom. The Kier molecular flexibility index (Phi) is 6.60. The topological polar surface area (TPSA) is 126 Å². The number of carbonyl (C=O) groups is 3. The Balaban J connectivity index is 1.48. The molecule has 33 heavy (non-hydrogen) atoms. The van der Waals surface area contributed by atoms with Crippen LogP contribution >= 0.6 is 0 Å². The van der Waals surface area contributed by atoms with Crippen LogP contribution in [0, 0.1) is 0 Å². The van der Waals surface area contributed by atoms with Gasteiger partial charge in [-0.1, -0.05) is 24.3 Å². The van der Waals surface area contributed by atoms with Gasteiger partial charge in [0.15, 0.2) is 0 Å². The third-order valence-corrected chi connectivity index (χ3v) is 5.89. The number of aromatic amines is 1. The van der Waals surface area contributed by atoms with Crippen molar-refractivity contribution in [1.29, 1.82) is 0 Å². The third kappa shape index (κ3) is 5.15. The number of nitrogens with zero attached hydrogens (tertiary/aromatic N) is 2. The molecule has 2 aromatic carbocycles. The summed E-state index contributed by atoms with van der Waals surface area (Å²) in [5.41, 5.74) is 3.04. The molecule has 0 radical (unpaired) electrons. The number of hydrogen-bond donors (Lipinski definition) is 4. The predicted octanol–water partition coefficient (Wildman–Crippen LogP) is 2.92. The molecule has 1 unspecified atom stereocenters. The number of rotatable bonds is 8. The van der Waals surface area contributed by atoms with Crippen molar-refractivity contribution in [3.05, 3.63) is 60.3 Å². The lowest BCUT2D eigenvalue weighted by Gasteiger charge is -2.38. The van der Waals surface area contributed by atoms with Gasteiger partial charge in [-0.05, 0) is 24.3 Å². The Labute approximate surface area is 190 Å². The highest BCUT2D eigenvalue weighted by molar-refractivity contribution is 5.96. The average Bonchev–Trinajstić information content (AvgIpc) is 3.21. The minimum absolute atomic E-state index is 0.112. The van der Waals surface area contributed by atoms with E-state index in [0.29, 0.717) is 29.9 Å².